The van der Waals surface area contributed by atoms with Gasteiger partial charge in [-0.15, -0.1) is 0 Å². The van der Waals surface area contributed by atoms with Crippen molar-refractivity contribution in [1.82, 2.24) is 0 Å². The molecule has 0 aromatic heterocycles. The van der Waals surface area contributed by atoms with E-state index in [-0.39, 0.29) is 12.5 Å². The van der Waals surface area contributed by atoms with Crippen LogP contribution in [0.3, 0.4) is 0 Å². The molecule has 1 heterocycles. The minimum absolute atomic E-state index is 0.0485. The van der Waals surface area contributed by atoms with Crippen molar-refractivity contribution >= 4 is 44.8 Å². The van der Waals surface area contributed by atoms with E-state index in [0.717, 1.165) is 23.2 Å². The highest BCUT2D eigenvalue weighted by Crippen LogP contribution is 2.31. The molecular weight excluding hydrogens is 392 g/mol. The molecule has 0 atom stereocenters. The van der Waals surface area contributed by atoms with Gasteiger partial charge in [-0.25, -0.2) is 0 Å². The second-order valence-electron chi connectivity index (χ2n) is 5.65. The van der Waals surface area contributed by atoms with Gasteiger partial charge in [0.1, 0.15) is 5.75 Å². The molecule has 0 spiro atoms. The summed E-state index contributed by atoms with van der Waals surface area (Å²) in [5, 5.41) is 3.46. The molecule has 0 bridgehead atoms. The first-order valence-corrected chi connectivity index (χ1v) is 9.01. The maximum Gasteiger partial charge on any atom is 0.262 e. The molecule has 1 fully saturated rings. The Hall–Kier alpha value is -1.72. The lowest BCUT2D eigenvalue weighted by atomic mass is 10.2. The number of halogens is 2. The summed E-state index contributed by atoms with van der Waals surface area (Å²) in [5.41, 5.74) is 1.70. The van der Waals surface area contributed by atoms with Crippen molar-refractivity contribution in [2.24, 2.45) is 0 Å². The monoisotopic (exact) mass is 408 g/mol. The van der Waals surface area contributed by atoms with Crippen LogP contribution in [-0.4, -0.2) is 25.6 Å². The number of nitrogens with one attached hydrogen (secondary N) is 1. The smallest absolute Gasteiger partial charge is 0.262 e. The average molecular weight is 410 g/mol. The van der Waals surface area contributed by atoms with E-state index in [0.29, 0.717) is 16.5 Å². The van der Waals surface area contributed by atoms with E-state index >= 15 is 0 Å². The van der Waals surface area contributed by atoms with Crippen molar-refractivity contribution < 1.29 is 9.53 Å². The highest BCUT2D eigenvalue weighted by molar-refractivity contribution is 9.10. The molecule has 1 amide bonds. The molecule has 2 aromatic carbocycles. The van der Waals surface area contributed by atoms with Gasteiger partial charge < -0.3 is 15.0 Å². The number of ether oxygens (including phenoxy) is 1. The van der Waals surface area contributed by atoms with Crippen molar-refractivity contribution in [3.8, 4) is 5.75 Å². The third kappa shape index (κ3) is 4.42. The van der Waals surface area contributed by atoms with Crippen LogP contribution in [0.15, 0.2) is 46.9 Å². The lowest BCUT2D eigenvalue weighted by molar-refractivity contribution is -0.118. The van der Waals surface area contributed by atoms with Crippen LogP contribution in [0.2, 0.25) is 5.02 Å². The molecule has 1 aliphatic rings. The first-order valence-electron chi connectivity index (χ1n) is 7.84. The number of carbonyl (C=O) groups excluding carboxylic acids is 1. The van der Waals surface area contributed by atoms with Crippen molar-refractivity contribution in [2.75, 3.05) is 29.9 Å². The number of hydrogen-bond donors (Lipinski definition) is 1. The number of nitrogens with zero attached hydrogens (tertiary/aromatic N) is 1. The number of hydrogen-bond acceptors (Lipinski definition) is 3. The van der Waals surface area contributed by atoms with Crippen molar-refractivity contribution in [3.05, 3.63) is 52.0 Å². The summed E-state index contributed by atoms with van der Waals surface area (Å²) in [6, 6.07) is 13.0. The van der Waals surface area contributed by atoms with Crippen LogP contribution in [0.4, 0.5) is 11.4 Å². The first kappa shape index (κ1) is 17.1. The molecule has 4 nitrogen and oxygen atoms in total. The number of anilines is 2. The molecule has 3 rings (SSSR count). The van der Waals surface area contributed by atoms with Gasteiger partial charge in [0.25, 0.3) is 5.91 Å². The van der Waals surface area contributed by atoms with Crippen LogP contribution in [0.5, 0.6) is 5.75 Å². The van der Waals surface area contributed by atoms with Crippen molar-refractivity contribution in [1.29, 1.82) is 0 Å². The van der Waals surface area contributed by atoms with Gasteiger partial charge in [-0.3, -0.25) is 4.79 Å². The van der Waals surface area contributed by atoms with Gasteiger partial charge in [0.2, 0.25) is 0 Å². The summed E-state index contributed by atoms with van der Waals surface area (Å²) in [5.74, 6) is 0.429. The SMILES string of the molecule is O=C(COc1ccc(Br)cc1)Nc1ccc(N2CCCC2)c(Cl)c1. The Bertz CT molecular complexity index is 715. The summed E-state index contributed by atoms with van der Waals surface area (Å²) in [6.07, 6.45) is 2.39. The molecule has 2 aromatic rings. The zero-order valence-corrected chi connectivity index (χ0v) is 15.4. The van der Waals surface area contributed by atoms with Gasteiger partial charge >= 0.3 is 0 Å². The van der Waals surface area contributed by atoms with E-state index in [4.69, 9.17) is 16.3 Å². The average Bonchev–Trinajstić information content (AvgIpc) is 3.09. The largest absolute Gasteiger partial charge is 0.484 e. The van der Waals surface area contributed by atoms with E-state index in [1.165, 1.54) is 12.8 Å². The number of amides is 1. The molecule has 0 saturated carbocycles. The predicted molar refractivity (Wildman–Crippen MR) is 101 cm³/mol. The lowest BCUT2D eigenvalue weighted by Crippen LogP contribution is -2.21. The van der Waals surface area contributed by atoms with Gasteiger partial charge in [-0.05, 0) is 55.3 Å². The summed E-state index contributed by atoms with van der Waals surface area (Å²) in [7, 11) is 0. The van der Waals surface area contributed by atoms with E-state index in [1.807, 2.05) is 24.3 Å². The van der Waals surface area contributed by atoms with Crippen LogP contribution in [0, 0.1) is 0 Å². The lowest BCUT2D eigenvalue weighted by Gasteiger charge is -2.19. The fourth-order valence-corrected chi connectivity index (χ4v) is 3.24. The Labute approximate surface area is 154 Å². The number of benzene rings is 2. The summed E-state index contributed by atoms with van der Waals surface area (Å²) >= 11 is 9.71. The Morgan fingerprint density at radius 2 is 1.88 bits per heavy atom. The predicted octanol–water partition coefficient (Wildman–Crippen LogP) is 4.72. The van der Waals surface area contributed by atoms with Crippen LogP contribution >= 0.6 is 27.5 Å². The minimum Gasteiger partial charge on any atom is -0.484 e. The normalized spacial score (nSPS) is 13.8. The molecule has 0 aliphatic carbocycles. The zero-order valence-electron chi connectivity index (χ0n) is 13.1. The number of rotatable bonds is 5. The van der Waals surface area contributed by atoms with E-state index in [1.54, 1.807) is 18.2 Å². The minimum atomic E-state index is -0.220. The molecule has 1 aliphatic heterocycles. The third-order valence-corrected chi connectivity index (χ3v) is 4.69. The number of carbonyl (C=O) groups is 1. The fraction of sp³-hybridized carbons (Fsp3) is 0.278. The molecule has 1 saturated heterocycles. The topological polar surface area (TPSA) is 41.6 Å². The maximum absolute atomic E-state index is 12.0. The molecule has 0 radical (unpaired) electrons. The quantitative estimate of drug-likeness (QED) is 0.777. The fourth-order valence-electron chi connectivity index (χ4n) is 2.68. The summed E-state index contributed by atoms with van der Waals surface area (Å²) < 4.78 is 6.42. The zero-order chi connectivity index (χ0) is 16.9. The molecular formula is C18H18BrClN2O2. The van der Waals surface area contributed by atoms with Gasteiger partial charge in [-0.2, -0.15) is 0 Å². The van der Waals surface area contributed by atoms with E-state index in [2.05, 4.69) is 26.1 Å². The molecule has 24 heavy (non-hydrogen) atoms. The van der Waals surface area contributed by atoms with Crippen molar-refractivity contribution in [2.45, 2.75) is 12.8 Å². The van der Waals surface area contributed by atoms with Crippen LogP contribution in [0.1, 0.15) is 12.8 Å². The van der Waals surface area contributed by atoms with Crippen LogP contribution < -0.4 is 15.0 Å². The van der Waals surface area contributed by atoms with Gasteiger partial charge in [0.15, 0.2) is 6.61 Å². The Morgan fingerprint density at radius 3 is 2.54 bits per heavy atom. The Balaban J connectivity index is 1.56. The first-order chi connectivity index (χ1) is 11.6. The van der Waals surface area contributed by atoms with E-state index < -0.39 is 0 Å². The van der Waals surface area contributed by atoms with Gasteiger partial charge in [0.05, 0.1) is 10.7 Å². The molecule has 6 heteroatoms. The Morgan fingerprint density at radius 1 is 1.17 bits per heavy atom. The molecule has 0 unspecified atom stereocenters. The maximum atomic E-state index is 12.0. The molecule has 1 N–H and O–H groups in total. The van der Waals surface area contributed by atoms with Crippen LogP contribution in [-0.2, 0) is 4.79 Å². The highest BCUT2D eigenvalue weighted by Gasteiger charge is 2.15. The second kappa shape index (κ2) is 7.90. The second-order valence-corrected chi connectivity index (χ2v) is 6.97. The summed E-state index contributed by atoms with van der Waals surface area (Å²) in [4.78, 5) is 14.3. The van der Waals surface area contributed by atoms with Crippen molar-refractivity contribution in [3.63, 3.8) is 0 Å². The third-order valence-electron chi connectivity index (χ3n) is 3.86. The van der Waals surface area contributed by atoms with Crippen LogP contribution in [0.25, 0.3) is 0 Å². The molecule has 126 valence electrons. The highest BCUT2D eigenvalue weighted by atomic mass is 79.9. The Kier molecular flexibility index (Phi) is 5.63. The van der Waals surface area contributed by atoms with Gasteiger partial charge in [0, 0.05) is 23.2 Å². The van der Waals surface area contributed by atoms with E-state index in [9.17, 15) is 4.79 Å². The summed E-state index contributed by atoms with van der Waals surface area (Å²) in [6.45, 7) is 2.02. The van der Waals surface area contributed by atoms with Gasteiger partial charge in [-0.1, -0.05) is 27.5 Å². The standard InChI is InChI=1S/C18H18BrClN2O2/c19-13-3-6-15(7-4-13)24-12-18(23)21-14-5-8-17(16(20)11-14)22-9-1-2-10-22/h3-8,11H,1-2,9-10,12H2,(H,21,23).